The number of hydrogen-bond acceptors (Lipinski definition) is 5. The van der Waals surface area contributed by atoms with E-state index in [2.05, 4.69) is 56.6 Å². The average Bonchev–Trinajstić information content (AvgIpc) is 3.24. The highest BCUT2D eigenvalue weighted by Gasteiger charge is 2.29. The molecule has 0 spiro atoms. The van der Waals surface area contributed by atoms with Gasteiger partial charge in [0.25, 0.3) is 5.91 Å². The van der Waals surface area contributed by atoms with E-state index in [9.17, 15) is 9.18 Å². The summed E-state index contributed by atoms with van der Waals surface area (Å²) in [6, 6.07) is 19.8. The summed E-state index contributed by atoms with van der Waals surface area (Å²) in [6.45, 7) is 3.57. The summed E-state index contributed by atoms with van der Waals surface area (Å²) in [4.78, 5) is 17.5. The van der Waals surface area contributed by atoms with Gasteiger partial charge < -0.3 is 5.32 Å². The quantitative estimate of drug-likeness (QED) is 0.510. The first-order valence-corrected chi connectivity index (χ1v) is 10.9. The van der Waals surface area contributed by atoms with Crippen LogP contribution in [0.15, 0.2) is 72.9 Å². The van der Waals surface area contributed by atoms with Crippen LogP contribution in [-0.4, -0.2) is 57.0 Å². The molecule has 0 unspecified atom stereocenters. The Morgan fingerprint density at radius 1 is 1.06 bits per heavy atom. The molecule has 0 aliphatic carbocycles. The number of fused-ring (bicyclic) bond motifs is 1. The van der Waals surface area contributed by atoms with E-state index in [-0.39, 0.29) is 11.9 Å². The summed E-state index contributed by atoms with van der Waals surface area (Å²) in [5.74, 6) is 0.0836. The maximum atomic E-state index is 13.5. The monoisotopic (exact) mass is 444 g/mol. The summed E-state index contributed by atoms with van der Waals surface area (Å²) in [6.07, 6.45) is 1.75. The van der Waals surface area contributed by atoms with Gasteiger partial charge in [-0.3, -0.25) is 19.0 Å². The summed E-state index contributed by atoms with van der Waals surface area (Å²) in [5.41, 5.74) is 2.82. The van der Waals surface area contributed by atoms with E-state index in [1.807, 2.05) is 10.5 Å². The number of carbonyl (C=O) groups excluding carboxylic acids is 1. The maximum Gasteiger partial charge on any atom is 0.257 e. The molecule has 1 aliphatic heterocycles. The molecule has 0 bridgehead atoms. The lowest BCUT2D eigenvalue weighted by atomic mass is 10.1. The Balaban J connectivity index is 1.39. The molecule has 33 heavy (non-hydrogen) atoms. The van der Waals surface area contributed by atoms with Crippen molar-refractivity contribution in [2.45, 2.75) is 12.6 Å². The molecular weight excluding hydrogens is 419 g/mol. The zero-order chi connectivity index (χ0) is 22.8. The van der Waals surface area contributed by atoms with Crippen molar-refractivity contribution in [3.05, 3.63) is 95.7 Å². The second kappa shape index (κ2) is 9.09. The summed E-state index contributed by atoms with van der Waals surface area (Å²) in [7, 11) is 2.09. The highest BCUT2D eigenvalue weighted by Crippen LogP contribution is 2.25. The molecule has 1 fully saturated rings. The first kappa shape index (κ1) is 21.2. The Labute approximate surface area is 191 Å². The van der Waals surface area contributed by atoms with Crippen LogP contribution >= 0.6 is 0 Å². The molecule has 0 radical (unpaired) electrons. The number of carbonyl (C=O) groups is 1. The molecule has 5 rings (SSSR count). The van der Waals surface area contributed by atoms with Crippen molar-refractivity contribution >= 4 is 17.2 Å². The maximum absolute atomic E-state index is 13.5. The third kappa shape index (κ3) is 4.62. The fourth-order valence-electron chi connectivity index (χ4n) is 4.23. The lowest BCUT2D eigenvalue weighted by Crippen LogP contribution is -2.46. The number of nitrogens with zero attached hydrogens (tertiary/aromatic N) is 5. The molecule has 1 atom stereocenters. The van der Waals surface area contributed by atoms with Crippen LogP contribution in [-0.2, 0) is 6.54 Å². The van der Waals surface area contributed by atoms with Crippen molar-refractivity contribution in [3.8, 4) is 0 Å². The number of halogens is 1. The van der Waals surface area contributed by atoms with Crippen LogP contribution in [0.3, 0.4) is 0 Å². The summed E-state index contributed by atoms with van der Waals surface area (Å²) in [5, 5.41) is 11.5. The van der Waals surface area contributed by atoms with Gasteiger partial charge in [0.1, 0.15) is 5.82 Å². The highest BCUT2D eigenvalue weighted by molar-refractivity contribution is 6.04. The van der Waals surface area contributed by atoms with Gasteiger partial charge in [-0.05, 0) is 42.9 Å². The minimum absolute atomic E-state index is 0.0407. The number of pyridine rings is 1. The summed E-state index contributed by atoms with van der Waals surface area (Å²) < 4.78 is 15.4. The molecule has 4 aromatic rings. The molecule has 2 aromatic heterocycles. The number of aromatic nitrogens is 3. The van der Waals surface area contributed by atoms with Crippen LogP contribution in [0.25, 0.3) is 5.65 Å². The van der Waals surface area contributed by atoms with Gasteiger partial charge in [-0.2, -0.15) is 0 Å². The Kier molecular flexibility index (Phi) is 5.85. The minimum atomic E-state index is -0.398. The van der Waals surface area contributed by atoms with E-state index >= 15 is 0 Å². The second-order valence-corrected chi connectivity index (χ2v) is 8.39. The minimum Gasteiger partial charge on any atom is -0.322 e. The van der Waals surface area contributed by atoms with Gasteiger partial charge in [0.05, 0.1) is 11.6 Å². The largest absolute Gasteiger partial charge is 0.322 e. The fourth-order valence-corrected chi connectivity index (χ4v) is 4.23. The zero-order valence-corrected chi connectivity index (χ0v) is 18.4. The van der Waals surface area contributed by atoms with Gasteiger partial charge in [-0.1, -0.05) is 36.4 Å². The van der Waals surface area contributed by atoms with Crippen molar-refractivity contribution in [2.75, 3.05) is 32.0 Å². The topological polar surface area (TPSA) is 65.8 Å². The number of piperazine rings is 1. The molecule has 3 heterocycles. The van der Waals surface area contributed by atoms with E-state index < -0.39 is 5.82 Å². The van der Waals surface area contributed by atoms with E-state index in [0.717, 1.165) is 32.0 Å². The number of benzene rings is 2. The molecule has 2 aromatic carbocycles. The van der Waals surface area contributed by atoms with Crippen molar-refractivity contribution in [3.63, 3.8) is 0 Å². The smallest absolute Gasteiger partial charge is 0.257 e. The van der Waals surface area contributed by atoms with Crippen molar-refractivity contribution in [1.29, 1.82) is 0 Å². The average molecular weight is 445 g/mol. The van der Waals surface area contributed by atoms with Gasteiger partial charge >= 0.3 is 0 Å². The number of hydrogen-bond donors (Lipinski definition) is 1. The molecule has 0 saturated carbocycles. The lowest BCUT2D eigenvalue weighted by Gasteiger charge is -2.38. The first-order chi connectivity index (χ1) is 16.1. The fraction of sp³-hybridized carbons (Fsp3) is 0.240. The van der Waals surface area contributed by atoms with Gasteiger partial charge in [0.2, 0.25) is 0 Å². The molecule has 8 heteroatoms. The normalized spacial score (nSPS) is 17.3. The van der Waals surface area contributed by atoms with Crippen LogP contribution in [0.2, 0.25) is 0 Å². The standard InChI is InChI=1S/C25H25FN6O/c1-30-12-13-31(15-18-6-3-2-4-7-18)17-22(30)24-29-28-23-11-10-19(16-32(23)24)25(33)27-21-9-5-8-20(26)14-21/h2-11,14,16,22H,12-13,15,17H2,1H3,(H,27,33)/t22-/m1/s1. The first-order valence-electron chi connectivity index (χ1n) is 10.9. The third-order valence-corrected chi connectivity index (χ3v) is 6.05. The Bertz CT molecular complexity index is 1270. The third-order valence-electron chi connectivity index (χ3n) is 6.05. The van der Waals surface area contributed by atoms with Gasteiger partial charge in [-0.15, -0.1) is 10.2 Å². The van der Waals surface area contributed by atoms with Crippen LogP contribution in [0.5, 0.6) is 0 Å². The molecular formula is C25H25FN6O. The van der Waals surface area contributed by atoms with Gasteiger partial charge in [-0.25, -0.2) is 4.39 Å². The number of nitrogens with one attached hydrogen (secondary N) is 1. The van der Waals surface area contributed by atoms with Crippen LogP contribution in [0.1, 0.15) is 27.8 Å². The Hall–Kier alpha value is -3.62. The molecule has 1 saturated heterocycles. The Morgan fingerprint density at radius 3 is 2.73 bits per heavy atom. The van der Waals surface area contributed by atoms with Crippen molar-refractivity contribution < 1.29 is 9.18 Å². The SMILES string of the molecule is CN1CCN(Cc2ccccc2)C[C@@H]1c1nnc2ccc(C(=O)Nc3cccc(F)c3)cn12. The number of rotatable bonds is 5. The molecule has 7 nitrogen and oxygen atoms in total. The molecule has 168 valence electrons. The number of likely N-dealkylation sites (N-methyl/N-ethyl adjacent to an activating group) is 1. The van der Waals surface area contributed by atoms with E-state index in [0.29, 0.717) is 16.9 Å². The van der Waals surface area contributed by atoms with Crippen LogP contribution in [0.4, 0.5) is 10.1 Å². The van der Waals surface area contributed by atoms with Crippen molar-refractivity contribution in [2.24, 2.45) is 0 Å². The van der Waals surface area contributed by atoms with E-state index in [4.69, 9.17) is 0 Å². The van der Waals surface area contributed by atoms with E-state index in [1.165, 1.54) is 17.7 Å². The highest BCUT2D eigenvalue weighted by atomic mass is 19.1. The second-order valence-electron chi connectivity index (χ2n) is 8.39. The Morgan fingerprint density at radius 2 is 1.91 bits per heavy atom. The van der Waals surface area contributed by atoms with Gasteiger partial charge in [0, 0.05) is 38.1 Å². The van der Waals surface area contributed by atoms with Gasteiger partial charge in [0.15, 0.2) is 11.5 Å². The predicted molar refractivity (Wildman–Crippen MR) is 124 cm³/mol. The lowest BCUT2D eigenvalue weighted by molar-refractivity contribution is 0.0852. The molecule has 1 aliphatic rings. The van der Waals surface area contributed by atoms with Crippen molar-refractivity contribution in [1.82, 2.24) is 24.4 Å². The predicted octanol–water partition coefficient (Wildman–Crippen LogP) is 3.61. The summed E-state index contributed by atoms with van der Waals surface area (Å²) >= 11 is 0. The number of amides is 1. The molecule has 1 N–H and O–H groups in total. The van der Waals surface area contributed by atoms with Crippen LogP contribution in [0, 0.1) is 5.82 Å². The van der Waals surface area contributed by atoms with Crippen LogP contribution < -0.4 is 5.32 Å². The molecule has 1 amide bonds. The zero-order valence-electron chi connectivity index (χ0n) is 18.4. The van der Waals surface area contributed by atoms with E-state index in [1.54, 1.807) is 30.5 Å². The number of anilines is 1.